The highest BCUT2D eigenvalue weighted by Gasteiger charge is 2.18. The van der Waals surface area contributed by atoms with Crippen LogP contribution in [-0.4, -0.2) is 7.11 Å². The normalized spacial score (nSPS) is 10.5. The van der Waals surface area contributed by atoms with Gasteiger partial charge in [0.15, 0.2) is 11.6 Å². The molecule has 0 saturated heterocycles. The summed E-state index contributed by atoms with van der Waals surface area (Å²) in [6, 6.07) is 15.2. The Kier molecular flexibility index (Phi) is 4.67. The molecule has 0 saturated carbocycles. The Morgan fingerprint density at radius 3 is 2.25 bits per heavy atom. The highest BCUT2D eigenvalue weighted by molar-refractivity contribution is 6.30. The van der Waals surface area contributed by atoms with E-state index in [1.807, 2.05) is 0 Å². The second kappa shape index (κ2) is 6.89. The molecule has 0 atom stereocenters. The van der Waals surface area contributed by atoms with Gasteiger partial charge in [0.2, 0.25) is 0 Å². The molecule has 0 heterocycles. The van der Waals surface area contributed by atoms with Gasteiger partial charge in [0.1, 0.15) is 17.3 Å². The first-order valence-corrected chi connectivity index (χ1v) is 7.52. The van der Waals surface area contributed by atoms with E-state index in [1.165, 1.54) is 37.4 Å². The van der Waals surface area contributed by atoms with Gasteiger partial charge >= 0.3 is 0 Å². The van der Waals surface area contributed by atoms with Gasteiger partial charge in [-0.05, 0) is 54.1 Å². The number of rotatable bonds is 4. The van der Waals surface area contributed by atoms with Crippen LogP contribution >= 0.6 is 11.6 Å². The smallest absolute Gasteiger partial charge is 0.177 e. The van der Waals surface area contributed by atoms with E-state index in [0.29, 0.717) is 22.1 Å². The monoisotopic (exact) mass is 346 g/mol. The lowest BCUT2D eigenvalue weighted by molar-refractivity contribution is 0.405. The summed E-state index contributed by atoms with van der Waals surface area (Å²) in [5.74, 6) is -0.269. The van der Waals surface area contributed by atoms with Gasteiger partial charge in [0.25, 0.3) is 0 Å². The van der Waals surface area contributed by atoms with E-state index in [9.17, 15) is 8.78 Å². The summed E-state index contributed by atoms with van der Waals surface area (Å²) in [6.07, 6.45) is 0. The Labute approximate surface area is 143 Å². The number of methoxy groups -OCH3 is 1. The molecule has 0 spiro atoms. The quantitative estimate of drug-likeness (QED) is 0.569. The molecule has 0 unspecified atom stereocenters. The van der Waals surface area contributed by atoms with Crippen molar-refractivity contribution < 1.29 is 18.3 Å². The maximum atomic E-state index is 15.0. The Bertz CT molecular complexity index is 864. The summed E-state index contributed by atoms with van der Waals surface area (Å²) < 4.78 is 38.7. The summed E-state index contributed by atoms with van der Waals surface area (Å²) in [7, 11) is 1.46. The summed E-state index contributed by atoms with van der Waals surface area (Å²) >= 11 is 6.00. The first-order valence-electron chi connectivity index (χ1n) is 7.14. The fraction of sp³-hybridized carbons (Fsp3) is 0.0526. The lowest BCUT2D eigenvalue weighted by Crippen LogP contribution is -1.96. The molecular weight excluding hydrogens is 334 g/mol. The Hall–Kier alpha value is -2.59. The molecule has 0 bridgehead atoms. The average Bonchev–Trinajstić information content (AvgIpc) is 2.58. The van der Waals surface area contributed by atoms with Crippen LogP contribution < -0.4 is 9.47 Å². The number of benzene rings is 3. The van der Waals surface area contributed by atoms with Crippen molar-refractivity contribution in [2.24, 2.45) is 0 Å². The topological polar surface area (TPSA) is 18.5 Å². The minimum Gasteiger partial charge on any atom is -0.496 e. The van der Waals surface area contributed by atoms with Crippen LogP contribution in [-0.2, 0) is 0 Å². The van der Waals surface area contributed by atoms with Crippen LogP contribution in [0.25, 0.3) is 11.1 Å². The third-order valence-corrected chi connectivity index (χ3v) is 3.68. The van der Waals surface area contributed by atoms with Gasteiger partial charge in [-0.25, -0.2) is 8.78 Å². The first kappa shape index (κ1) is 16.3. The molecule has 0 fully saturated rings. The van der Waals surface area contributed by atoms with Gasteiger partial charge in [-0.1, -0.05) is 23.7 Å². The van der Waals surface area contributed by atoms with Crippen molar-refractivity contribution in [2.75, 3.05) is 7.11 Å². The van der Waals surface area contributed by atoms with Crippen molar-refractivity contribution in [2.45, 2.75) is 0 Å². The highest BCUT2D eigenvalue weighted by Crippen LogP contribution is 2.39. The predicted octanol–water partition coefficient (Wildman–Crippen LogP) is 6.09. The lowest BCUT2D eigenvalue weighted by Gasteiger charge is -2.14. The van der Waals surface area contributed by atoms with Crippen LogP contribution in [0.1, 0.15) is 0 Å². The van der Waals surface area contributed by atoms with Crippen LogP contribution in [0.15, 0.2) is 60.7 Å². The maximum absolute atomic E-state index is 15.0. The molecule has 0 aliphatic carbocycles. The molecule has 0 aliphatic heterocycles. The molecule has 3 aromatic carbocycles. The minimum atomic E-state index is -0.582. The van der Waals surface area contributed by atoms with Crippen LogP contribution in [0.2, 0.25) is 5.02 Å². The van der Waals surface area contributed by atoms with Gasteiger partial charge in [-0.15, -0.1) is 0 Å². The van der Waals surface area contributed by atoms with Crippen molar-refractivity contribution in [1.29, 1.82) is 0 Å². The molecule has 122 valence electrons. The molecule has 0 radical (unpaired) electrons. The molecule has 0 N–H and O–H groups in total. The summed E-state index contributed by atoms with van der Waals surface area (Å²) in [6.45, 7) is 0. The summed E-state index contributed by atoms with van der Waals surface area (Å²) in [5, 5.41) is 0.485. The van der Waals surface area contributed by atoms with Crippen LogP contribution in [0.5, 0.6) is 17.2 Å². The standard InChI is InChI=1S/C19H13ClF2O2/c1-23-16-9-10-17(24-15-7-5-14(21)6-8-15)19(22)18(16)12-3-2-4-13(20)11-12/h2-11H,1H3. The Morgan fingerprint density at radius 2 is 1.58 bits per heavy atom. The second-order valence-corrected chi connectivity index (χ2v) is 5.46. The third kappa shape index (κ3) is 3.34. The zero-order valence-corrected chi connectivity index (χ0v) is 13.5. The van der Waals surface area contributed by atoms with Crippen molar-refractivity contribution >= 4 is 11.6 Å². The van der Waals surface area contributed by atoms with Crippen LogP contribution in [0.4, 0.5) is 8.78 Å². The van der Waals surface area contributed by atoms with E-state index in [-0.39, 0.29) is 11.3 Å². The van der Waals surface area contributed by atoms with E-state index >= 15 is 0 Å². The van der Waals surface area contributed by atoms with Gasteiger partial charge in [0, 0.05) is 5.02 Å². The van der Waals surface area contributed by atoms with Crippen molar-refractivity contribution in [3.63, 3.8) is 0 Å². The second-order valence-electron chi connectivity index (χ2n) is 5.02. The summed E-state index contributed by atoms with van der Waals surface area (Å²) in [5.41, 5.74) is 0.820. The molecular formula is C19H13ClF2O2. The maximum Gasteiger partial charge on any atom is 0.177 e. The van der Waals surface area contributed by atoms with E-state index in [4.69, 9.17) is 21.1 Å². The molecule has 5 heteroatoms. The average molecular weight is 347 g/mol. The van der Waals surface area contributed by atoms with E-state index in [2.05, 4.69) is 0 Å². The number of halogens is 3. The Balaban J connectivity index is 2.06. The molecule has 0 aromatic heterocycles. The fourth-order valence-corrected chi connectivity index (χ4v) is 2.52. The van der Waals surface area contributed by atoms with E-state index < -0.39 is 11.6 Å². The van der Waals surface area contributed by atoms with Gasteiger partial charge in [-0.3, -0.25) is 0 Å². The fourth-order valence-electron chi connectivity index (χ4n) is 2.33. The third-order valence-electron chi connectivity index (χ3n) is 3.44. The Morgan fingerprint density at radius 1 is 0.875 bits per heavy atom. The summed E-state index contributed by atoms with van der Waals surface area (Å²) in [4.78, 5) is 0. The molecule has 3 aromatic rings. The zero-order valence-electron chi connectivity index (χ0n) is 12.7. The largest absolute Gasteiger partial charge is 0.496 e. The van der Waals surface area contributed by atoms with Crippen molar-refractivity contribution in [1.82, 2.24) is 0 Å². The number of ether oxygens (including phenoxy) is 2. The van der Waals surface area contributed by atoms with E-state index in [1.54, 1.807) is 30.3 Å². The molecule has 0 aliphatic rings. The van der Waals surface area contributed by atoms with Crippen molar-refractivity contribution in [3.05, 3.63) is 77.3 Å². The van der Waals surface area contributed by atoms with Crippen molar-refractivity contribution in [3.8, 4) is 28.4 Å². The predicted molar refractivity (Wildman–Crippen MR) is 89.9 cm³/mol. The zero-order chi connectivity index (χ0) is 17.1. The van der Waals surface area contributed by atoms with E-state index in [0.717, 1.165) is 0 Å². The number of hydrogen-bond donors (Lipinski definition) is 0. The van der Waals surface area contributed by atoms with Gasteiger partial charge in [-0.2, -0.15) is 0 Å². The molecule has 2 nitrogen and oxygen atoms in total. The number of hydrogen-bond acceptors (Lipinski definition) is 2. The minimum absolute atomic E-state index is 0.0115. The van der Waals surface area contributed by atoms with Crippen LogP contribution in [0.3, 0.4) is 0 Å². The van der Waals surface area contributed by atoms with Crippen LogP contribution in [0, 0.1) is 11.6 Å². The first-order chi connectivity index (χ1) is 11.6. The molecule has 3 rings (SSSR count). The SMILES string of the molecule is COc1ccc(Oc2ccc(F)cc2)c(F)c1-c1cccc(Cl)c1. The molecule has 0 amide bonds. The highest BCUT2D eigenvalue weighted by atomic mass is 35.5. The molecule has 24 heavy (non-hydrogen) atoms. The van der Waals surface area contributed by atoms with Gasteiger partial charge < -0.3 is 9.47 Å². The lowest BCUT2D eigenvalue weighted by atomic mass is 10.0. The van der Waals surface area contributed by atoms with Gasteiger partial charge in [0.05, 0.1) is 12.7 Å².